The maximum Gasteiger partial charge on any atom is 0.346 e. The van der Waals surface area contributed by atoms with Gasteiger partial charge < -0.3 is 20.6 Å². The predicted molar refractivity (Wildman–Crippen MR) is 83.5 cm³/mol. The Balaban J connectivity index is 1.84. The molecule has 0 fully saturated rings. The van der Waals surface area contributed by atoms with Gasteiger partial charge in [0.1, 0.15) is 5.82 Å². The Labute approximate surface area is 135 Å². The highest BCUT2D eigenvalue weighted by Gasteiger charge is 2.16. The van der Waals surface area contributed by atoms with Crippen LogP contribution in [0.25, 0.3) is 11.3 Å². The molecule has 0 aliphatic heterocycles. The van der Waals surface area contributed by atoms with Gasteiger partial charge in [-0.15, -0.1) is 0 Å². The first-order valence-electron chi connectivity index (χ1n) is 6.82. The molecule has 4 N–H and O–H groups in total. The number of benzene rings is 2. The molecule has 122 valence electrons. The van der Waals surface area contributed by atoms with Crippen molar-refractivity contribution in [2.24, 2.45) is 0 Å². The third-order valence-electron chi connectivity index (χ3n) is 3.30. The highest BCUT2D eigenvalue weighted by Crippen LogP contribution is 2.41. The third-order valence-corrected chi connectivity index (χ3v) is 3.30. The lowest BCUT2D eigenvalue weighted by molar-refractivity contribution is 0.251. The minimum atomic E-state index is -0.669. The van der Waals surface area contributed by atoms with E-state index in [9.17, 15) is 24.5 Å². The Kier molecular flexibility index (Phi) is 3.78. The number of aromatic nitrogens is 2. The van der Waals surface area contributed by atoms with Crippen molar-refractivity contribution >= 4 is 11.7 Å². The molecule has 0 aliphatic rings. The van der Waals surface area contributed by atoms with Crippen LogP contribution >= 0.6 is 0 Å². The number of nitrogens with zero attached hydrogens (tertiary/aromatic N) is 2. The van der Waals surface area contributed by atoms with Gasteiger partial charge in [-0.25, -0.2) is 9.18 Å². The van der Waals surface area contributed by atoms with Gasteiger partial charge in [-0.05, 0) is 42.5 Å². The van der Waals surface area contributed by atoms with Crippen LogP contribution in [0.2, 0.25) is 0 Å². The van der Waals surface area contributed by atoms with E-state index < -0.39 is 29.1 Å². The van der Waals surface area contributed by atoms with Gasteiger partial charge in [-0.1, -0.05) is 0 Å². The van der Waals surface area contributed by atoms with E-state index in [1.54, 1.807) is 0 Å². The molecule has 3 rings (SSSR count). The van der Waals surface area contributed by atoms with E-state index >= 15 is 0 Å². The van der Waals surface area contributed by atoms with E-state index in [0.717, 1.165) is 4.68 Å². The number of phenols is 3. The Bertz CT molecular complexity index is 906. The summed E-state index contributed by atoms with van der Waals surface area (Å²) in [6.45, 7) is 0. The van der Waals surface area contributed by atoms with Gasteiger partial charge in [0.25, 0.3) is 0 Å². The number of amides is 1. The normalized spacial score (nSPS) is 10.5. The quantitative estimate of drug-likeness (QED) is 0.541. The third kappa shape index (κ3) is 2.84. The Hall–Kier alpha value is -3.55. The van der Waals surface area contributed by atoms with Gasteiger partial charge >= 0.3 is 6.03 Å². The number of carbonyl (C=O) groups excluding carboxylic acids is 1. The minimum Gasteiger partial charge on any atom is -0.504 e. The summed E-state index contributed by atoms with van der Waals surface area (Å²) in [4.78, 5) is 12.1. The van der Waals surface area contributed by atoms with Crippen LogP contribution in [-0.4, -0.2) is 31.1 Å². The maximum atomic E-state index is 12.8. The SMILES string of the molecule is O=C(Nc1ccc(F)cc1)n1ccc(-c2ccc(O)c(O)c2O)n1. The van der Waals surface area contributed by atoms with Crippen molar-refractivity contribution in [3.8, 4) is 28.5 Å². The fourth-order valence-electron chi connectivity index (χ4n) is 2.07. The van der Waals surface area contributed by atoms with Gasteiger partial charge in [-0.3, -0.25) is 0 Å². The Morgan fingerprint density at radius 1 is 1.00 bits per heavy atom. The molecule has 0 atom stereocenters. The largest absolute Gasteiger partial charge is 0.504 e. The number of aromatic hydroxyl groups is 3. The molecular formula is C16H12FN3O4. The van der Waals surface area contributed by atoms with Crippen molar-refractivity contribution in [1.82, 2.24) is 9.78 Å². The molecule has 0 radical (unpaired) electrons. The molecule has 0 aliphatic carbocycles. The van der Waals surface area contributed by atoms with Crippen LogP contribution in [0.1, 0.15) is 0 Å². The smallest absolute Gasteiger partial charge is 0.346 e. The summed E-state index contributed by atoms with van der Waals surface area (Å²) in [6, 6.07) is 8.65. The van der Waals surface area contributed by atoms with E-state index in [4.69, 9.17) is 0 Å². The number of halogens is 1. The molecule has 0 saturated carbocycles. The molecular weight excluding hydrogens is 317 g/mol. The lowest BCUT2D eigenvalue weighted by Crippen LogP contribution is -2.19. The monoisotopic (exact) mass is 329 g/mol. The van der Waals surface area contributed by atoms with E-state index in [1.165, 1.54) is 48.7 Å². The van der Waals surface area contributed by atoms with Gasteiger partial charge in [0.2, 0.25) is 5.75 Å². The lowest BCUT2D eigenvalue weighted by atomic mass is 10.1. The van der Waals surface area contributed by atoms with E-state index in [2.05, 4.69) is 10.4 Å². The summed E-state index contributed by atoms with van der Waals surface area (Å²) in [7, 11) is 0. The first-order valence-corrected chi connectivity index (χ1v) is 6.82. The van der Waals surface area contributed by atoms with Crippen LogP contribution in [0.15, 0.2) is 48.7 Å². The summed E-state index contributed by atoms with van der Waals surface area (Å²) < 4.78 is 13.8. The number of phenolic OH excluding ortho intramolecular Hbond substituents is 3. The molecule has 2 aromatic carbocycles. The van der Waals surface area contributed by atoms with E-state index in [1.807, 2.05) is 0 Å². The van der Waals surface area contributed by atoms with E-state index in [-0.39, 0.29) is 11.3 Å². The number of hydrogen-bond acceptors (Lipinski definition) is 5. The summed E-state index contributed by atoms with van der Waals surface area (Å²) in [5, 5.41) is 35.2. The van der Waals surface area contributed by atoms with Crippen molar-refractivity contribution in [1.29, 1.82) is 0 Å². The second-order valence-corrected chi connectivity index (χ2v) is 4.91. The Morgan fingerprint density at radius 2 is 1.71 bits per heavy atom. The van der Waals surface area contributed by atoms with Crippen LogP contribution in [0.4, 0.5) is 14.9 Å². The molecule has 8 heteroatoms. The molecule has 3 aromatic rings. The lowest BCUT2D eigenvalue weighted by Gasteiger charge is -2.06. The average molecular weight is 329 g/mol. The molecule has 7 nitrogen and oxygen atoms in total. The first-order chi connectivity index (χ1) is 11.5. The number of anilines is 1. The Morgan fingerprint density at radius 3 is 2.42 bits per heavy atom. The molecule has 24 heavy (non-hydrogen) atoms. The molecule has 0 unspecified atom stereocenters. The summed E-state index contributed by atoms with van der Waals surface area (Å²) in [5.74, 6) is -2.10. The van der Waals surface area contributed by atoms with Crippen molar-refractivity contribution in [3.63, 3.8) is 0 Å². The molecule has 0 spiro atoms. The first kappa shape index (κ1) is 15.3. The van der Waals surface area contributed by atoms with Gasteiger partial charge in [0.05, 0.1) is 5.69 Å². The van der Waals surface area contributed by atoms with Crippen molar-refractivity contribution in [3.05, 3.63) is 54.5 Å². The predicted octanol–water partition coefficient (Wildman–Crippen LogP) is 2.89. The second kappa shape index (κ2) is 5.92. The summed E-state index contributed by atoms with van der Waals surface area (Å²) >= 11 is 0. The van der Waals surface area contributed by atoms with Crippen molar-refractivity contribution < 1.29 is 24.5 Å². The standard InChI is InChI=1S/C16H12FN3O4/c17-9-1-3-10(4-2-9)18-16(24)20-8-7-12(19-20)11-5-6-13(21)15(23)14(11)22/h1-8,21-23H,(H,18,24). The summed E-state index contributed by atoms with van der Waals surface area (Å²) in [6.07, 6.45) is 1.36. The molecule has 1 heterocycles. The van der Waals surface area contributed by atoms with Crippen molar-refractivity contribution in [2.45, 2.75) is 0 Å². The van der Waals surface area contributed by atoms with Crippen LogP contribution in [-0.2, 0) is 0 Å². The highest BCUT2D eigenvalue weighted by atomic mass is 19.1. The topological polar surface area (TPSA) is 108 Å². The van der Waals surface area contributed by atoms with Crippen LogP contribution in [0.3, 0.4) is 0 Å². The minimum absolute atomic E-state index is 0.152. The molecule has 1 amide bonds. The summed E-state index contributed by atoms with van der Waals surface area (Å²) in [5.41, 5.74) is 0.763. The maximum absolute atomic E-state index is 12.8. The second-order valence-electron chi connectivity index (χ2n) is 4.91. The zero-order chi connectivity index (χ0) is 17.3. The molecule has 1 aromatic heterocycles. The number of carbonyl (C=O) groups is 1. The van der Waals surface area contributed by atoms with Gasteiger partial charge in [0.15, 0.2) is 11.5 Å². The fourth-order valence-corrected chi connectivity index (χ4v) is 2.07. The number of hydrogen-bond donors (Lipinski definition) is 4. The van der Waals surface area contributed by atoms with Gasteiger partial charge in [-0.2, -0.15) is 9.78 Å². The zero-order valence-corrected chi connectivity index (χ0v) is 12.1. The number of rotatable bonds is 2. The van der Waals surface area contributed by atoms with Gasteiger partial charge in [0, 0.05) is 17.4 Å². The van der Waals surface area contributed by atoms with Crippen LogP contribution in [0, 0.1) is 5.82 Å². The fraction of sp³-hybridized carbons (Fsp3) is 0. The highest BCUT2D eigenvalue weighted by molar-refractivity contribution is 5.90. The van der Waals surface area contributed by atoms with E-state index in [0.29, 0.717) is 5.69 Å². The molecule has 0 bridgehead atoms. The van der Waals surface area contributed by atoms with Crippen LogP contribution < -0.4 is 5.32 Å². The van der Waals surface area contributed by atoms with Crippen LogP contribution in [0.5, 0.6) is 17.2 Å². The van der Waals surface area contributed by atoms with Crippen molar-refractivity contribution in [2.75, 3.05) is 5.32 Å². The molecule has 0 saturated heterocycles. The number of nitrogens with one attached hydrogen (secondary N) is 1. The average Bonchev–Trinajstić information content (AvgIpc) is 3.05. The zero-order valence-electron chi connectivity index (χ0n) is 12.1.